The van der Waals surface area contributed by atoms with Crippen LogP contribution in [-0.4, -0.2) is 14.5 Å². The molecule has 2 heterocycles. The highest BCUT2D eigenvalue weighted by molar-refractivity contribution is 5.72. The summed E-state index contributed by atoms with van der Waals surface area (Å²) in [6.45, 7) is 4.75. The normalized spacial score (nSPS) is 10.6. The highest BCUT2D eigenvalue weighted by Gasteiger charge is 2.09. The third kappa shape index (κ3) is 1.76. The van der Waals surface area contributed by atoms with E-state index in [2.05, 4.69) is 23.0 Å². The van der Waals surface area contributed by atoms with Crippen LogP contribution in [0.5, 0.6) is 0 Å². The first-order valence-electron chi connectivity index (χ1n) is 5.45. The van der Waals surface area contributed by atoms with Crippen LogP contribution in [0.15, 0.2) is 12.3 Å². The van der Waals surface area contributed by atoms with E-state index in [9.17, 15) is 0 Å². The molecule has 0 fully saturated rings. The Balaban J connectivity index is 2.55. The molecule has 0 aliphatic carbocycles. The molecule has 2 aromatic heterocycles. The number of nitrogens with zero attached hydrogens (tertiary/aromatic N) is 4. The third-order valence-electron chi connectivity index (χ3n) is 2.56. The lowest BCUT2D eigenvalue weighted by atomic mass is 10.3. The van der Waals surface area contributed by atoms with Crippen LogP contribution >= 0.6 is 0 Å². The number of hydrogen-bond donors (Lipinski definition) is 0. The maximum absolute atomic E-state index is 8.64. The van der Waals surface area contributed by atoms with Crippen molar-refractivity contribution in [3.05, 3.63) is 23.7 Å². The van der Waals surface area contributed by atoms with Gasteiger partial charge in [-0.25, -0.2) is 9.97 Å². The molecule has 0 aliphatic heterocycles. The molecule has 0 aliphatic rings. The average molecular weight is 214 g/mol. The fourth-order valence-electron chi connectivity index (χ4n) is 1.83. The van der Waals surface area contributed by atoms with Gasteiger partial charge in [-0.05, 0) is 18.6 Å². The van der Waals surface area contributed by atoms with Crippen molar-refractivity contribution in [2.45, 2.75) is 33.2 Å². The van der Waals surface area contributed by atoms with Gasteiger partial charge in [0, 0.05) is 19.2 Å². The molecule has 0 amide bonds. The van der Waals surface area contributed by atoms with E-state index >= 15 is 0 Å². The molecule has 0 atom stereocenters. The number of aryl methyl sites for hydroxylation is 3. The Labute approximate surface area is 94.6 Å². The van der Waals surface area contributed by atoms with E-state index in [-0.39, 0.29) is 0 Å². The minimum Gasteiger partial charge on any atom is -0.312 e. The summed E-state index contributed by atoms with van der Waals surface area (Å²) in [5.74, 6) is 1.00. The molecule has 82 valence electrons. The molecule has 4 heteroatoms. The minimum atomic E-state index is 0.494. The molecule has 0 saturated carbocycles. The van der Waals surface area contributed by atoms with Crippen LogP contribution < -0.4 is 0 Å². The lowest BCUT2D eigenvalue weighted by Gasteiger charge is -2.03. The van der Waals surface area contributed by atoms with Crippen LogP contribution in [0.25, 0.3) is 11.2 Å². The summed E-state index contributed by atoms with van der Waals surface area (Å²) in [5, 5.41) is 8.64. The van der Waals surface area contributed by atoms with Gasteiger partial charge in [-0.3, -0.25) is 0 Å². The standard InChI is InChI=1S/C12H14N4/c1-3-11-15-10-7-9(2)8-14-12(10)16(11)6-4-5-13/h7-8H,3-4,6H2,1-2H3. The lowest BCUT2D eigenvalue weighted by molar-refractivity contribution is 0.684. The summed E-state index contributed by atoms with van der Waals surface area (Å²) in [6, 6.07) is 4.19. The molecular weight excluding hydrogens is 200 g/mol. The summed E-state index contributed by atoms with van der Waals surface area (Å²) in [6.07, 6.45) is 3.20. The van der Waals surface area contributed by atoms with Crippen molar-refractivity contribution in [1.29, 1.82) is 5.26 Å². The molecule has 0 bridgehead atoms. The first-order chi connectivity index (χ1) is 7.76. The van der Waals surface area contributed by atoms with Gasteiger partial charge < -0.3 is 4.57 Å². The van der Waals surface area contributed by atoms with Gasteiger partial charge in [-0.1, -0.05) is 6.92 Å². The second-order valence-corrected chi connectivity index (χ2v) is 3.80. The van der Waals surface area contributed by atoms with E-state index in [1.54, 1.807) is 0 Å². The van der Waals surface area contributed by atoms with Gasteiger partial charge in [0.25, 0.3) is 0 Å². The van der Waals surface area contributed by atoms with Crippen LogP contribution in [0.1, 0.15) is 24.7 Å². The Morgan fingerprint density at radius 2 is 2.31 bits per heavy atom. The van der Waals surface area contributed by atoms with Crippen LogP contribution in [0, 0.1) is 18.3 Å². The number of fused-ring (bicyclic) bond motifs is 1. The predicted octanol–water partition coefficient (Wildman–Crippen LogP) is 2.22. The number of nitriles is 1. The Morgan fingerprint density at radius 3 is 3.00 bits per heavy atom. The summed E-state index contributed by atoms with van der Waals surface area (Å²) < 4.78 is 2.04. The summed E-state index contributed by atoms with van der Waals surface area (Å²) in [7, 11) is 0. The summed E-state index contributed by atoms with van der Waals surface area (Å²) in [5.41, 5.74) is 2.92. The molecule has 2 aromatic rings. The molecule has 0 saturated heterocycles. The maximum Gasteiger partial charge on any atom is 0.160 e. The molecule has 0 unspecified atom stereocenters. The summed E-state index contributed by atoms with van der Waals surface area (Å²) >= 11 is 0. The Morgan fingerprint density at radius 1 is 1.50 bits per heavy atom. The van der Waals surface area contributed by atoms with E-state index in [1.807, 2.05) is 23.8 Å². The van der Waals surface area contributed by atoms with Crippen LogP contribution in [0.4, 0.5) is 0 Å². The molecule has 0 aromatic carbocycles. The van der Waals surface area contributed by atoms with Gasteiger partial charge in [-0.15, -0.1) is 0 Å². The SMILES string of the molecule is CCc1nc2cc(C)cnc2n1CCC#N. The second kappa shape index (κ2) is 4.31. The van der Waals surface area contributed by atoms with Crippen molar-refractivity contribution in [2.24, 2.45) is 0 Å². The maximum atomic E-state index is 8.64. The molecule has 0 N–H and O–H groups in total. The molecule has 0 radical (unpaired) electrons. The average Bonchev–Trinajstić information content (AvgIpc) is 2.63. The molecule has 0 spiro atoms. The quantitative estimate of drug-likeness (QED) is 0.787. The largest absolute Gasteiger partial charge is 0.312 e. The minimum absolute atomic E-state index is 0.494. The zero-order valence-corrected chi connectivity index (χ0v) is 9.56. The first kappa shape index (κ1) is 10.6. The zero-order valence-electron chi connectivity index (χ0n) is 9.56. The molecule has 16 heavy (non-hydrogen) atoms. The van der Waals surface area contributed by atoms with Crippen molar-refractivity contribution < 1.29 is 0 Å². The fraction of sp³-hybridized carbons (Fsp3) is 0.417. The predicted molar refractivity (Wildman–Crippen MR) is 61.9 cm³/mol. The van der Waals surface area contributed by atoms with E-state index in [4.69, 9.17) is 5.26 Å². The zero-order chi connectivity index (χ0) is 11.5. The number of aromatic nitrogens is 3. The number of imidazole rings is 1. The highest BCUT2D eigenvalue weighted by Crippen LogP contribution is 2.16. The van der Waals surface area contributed by atoms with Crippen LogP contribution in [0.3, 0.4) is 0 Å². The number of hydrogen-bond acceptors (Lipinski definition) is 3. The van der Waals surface area contributed by atoms with E-state index in [0.29, 0.717) is 13.0 Å². The van der Waals surface area contributed by atoms with Crippen molar-refractivity contribution in [3.8, 4) is 6.07 Å². The Bertz CT molecular complexity index is 548. The number of pyridine rings is 1. The van der Waals surface area contributed by atoms with Crippen LogP contribution in [0.2, 0.25) is 0 Å². The monoisotopic (exact) mass is 214 g/mol. The molecule has 4 nitrogen and oxygen atoms in total. The smallest absolute Gasteiger partial charge is 0.160 e. The van der Waals surface area contributed by atoms with Gasteiger partial charge in [0.05, 0.1) is 12.5 Å². The van der Waals surface area contributed by atoms with Gasteiger partial charge in [0.15, 0.2) is 5.65 Å². The Kier molecular flexibility index (Phi) is 2.86. The van der Waals surface area contributed by atoms with Crippen molar-refractivity contribution in [1.82, 2.24) is 14.5 Å². The van der Waals surface area contributed by atoms with Gasteiger partial charge in [-0.2, -0.15) is 5.26 Å². The molecule has 2 rings (SSSR count). The van der Waals surface area contributed by atoms with Gasteiger partial charge >= 0.3 is 0 Å². The fourth-order valence-corrected chi connectivity index (χ4v) is 1.83. The van der Waals surface area contributed by atoms with Crippen molar-refractivity contribution >= 4 is 11.2 Å². The van der Waals surface area contributed by atoms with E-state index < -0.39 is 0 Å². The van der Waals surface area contributed by atoms with Gasteiger partial charge in [0.1, 0.15) is 11.3 Å². The second-order valence-electron chi connectivity index (χ2n) is 3.80. The van der Waals surface area contributed by atoms with E-state index in [1.165, 1.54) is 0 Å². The third-order valence-corrected chi connectivity index (χ3v) is 2.56. The van der Waals surface area contributed by atoms with Crippen LogP contribution in [-0.2, 0) is 13.0 Å². The molecular formula is C12H14N4. The topological polar surface area (TPSA) is 54.5 Å². The number of rotatable bonds is 3. The lowest BCUT2D eigenvalue weighted by Crippen LogP contribution is -2.03. The van der Waals surface area contributed by atoms with E-state index in [0.717, 1.165) is 29.0 Å². The highest BCUT2D eigenvalue weighted by atomic mass is 15.1. The van der Waals surface area contributed by atoms with Gasteiger partial charge in [0.2, 0.25) is 0 Å². The van der Waals surface area contributed by atoms with Crippen molar-refractivity contribution in [3.63, 3.8) is 0 Å². The first-order valence-corrected chi connectivity index (χ1v) is 5.45. The van der Waals surface area contributed by atoms with Crippen molar-refractivity contribution in [2.75, 3.05) is 0 Å². The Hall–Kier alpha value is -1.89. The summed E-state index contributed by atoms with van der Waals surface area (Å²) in [4.78, 5) is 8.93.